The predicted octanol–water partition coefficient (Wildman–Crippen LogP) is 3.00. The van der Waals surface area contributed by atoms with Gasteiger partial charge in [-0.15, -0.1) is 0 Å². The van der Waals surface area contributed by atoms with Gasteiger partial charge in [0.25, 0.3) is 5.56 Å². The van der Waals surface area contributed by atoms with Crippen molar-refractivity contribution in [3.8, 4) is 17.2 Å². The summed E-state index contributed by atoms with van der Waals surface area (Å²) in [7, 11) is 0. The van der Waals surface area contributed by atoms with E-state index in [2.05, 4.69) is 25.6 Å². The lowest BCUT2D eigenvalue weighted by Gasteiger charge is -2.12. The first kappa shape index (κ1) is 16.8. The number of hydrogen-bond acceptors (Lipinski definition) is 6. The minimum Gasteiger partial charge on any atom is -0.399 e. The van der Waals surface area contributed by atoms with Gasteiger partial charge in [-0.1, -0.05) is 11.6 Å². The summed E-state index contributed by atoms with van der Waals surface area (Å²) in [5.41, 5.74) is 8.34. The smallest absolute Gasteiger partial charge is 0.273 e. The van der Waals surface area contributed by atoms with Gasteiger partial charge in [0.15, 0.2) is 11.5 Å². The highest BCUT2D eigenvalue weighted by atomic mass is 35.5. The highest BCUT2D eigenvalue weighted by Gasteiger charge is 2.15. The number of benzene rings is 2. The molecule has 2 aromatic heterocycles. The van der Waals surface area contributed by atoms with E-state index in [1.54, 1.807) is 36.4 Å². The molecule has 0 atom stereocenters. The quantitative estimate of drug-likeness (QED) is 0.469. The molecule has 0 spiro atoms. The number of aromatic amines is 1. The second-order valence-corrected chi connectivity index (χ2v) is 6.15. The third kappa shape index (κ3) is 3.51. The molecule has 2 aromatic carbocycles. The maximum Gasteiger partial charge on any atom is 0.273 e. The van der Waals surface area contributed by atoms with Crippen molar-refractivity contribution in [1.82, 2.24) is 25.0 Å². The molecule has 0 bridgehead atoms. The number of nitrogens with two attached hydrogens (primary N) is 1. The highest BCUT2D eigenvalue weighted by molar-refractivity contribution is 6.30. The van der Waals surface area contributed by atoms with Gasteiger partial charge in [0.1, 0.15) is 6.33 Å². The van der Waals surface area contributed by atoms with Crippen LogP contribution in [0.1, 0.15) is 0 Å². The van der Waals surface area contributed by atoms with Gasteiger partial charge < -0.3 is 11.1 Å². The fraction of sp³-hybridized carbons (Fsp3) is 0. The molecule has 4 rings (SSSR count). The van der Waals surface area contributed by atoms with Gasteiger partial charge in [-0.25, -0.2) is 4.98 Å². The van der Waals surface area contributed by atoms with Crippen molar-refractivity contribution in [2.45, 2.75) is 0 Å². The van der Waals surface area contributed by atoms with Gasteiger partial charge in [-0.3, -0.25) is 9.89 Å². The van der Waals surface area contributed by atoms with Crippen LogP contribution in [0, 0.1) is 0 Å². The Labute approximate surface area is 158 Å². The Balaban J connectivity index is 1.83. The minimum atomic E-state index is -0.307. The molecular weight excluding hydrogens is 366 g/mol. The normalized spacial score (nSPS) is 10.7. The van der Waals surface area contributed by atoms with Crippen LogP contribution in [0.3, 0.4) is 0 Å². The second-order valence-electron chi connectivity index (χ2n) is 5.71. The van der Waals surface area contributed by atoms with Crippen LogP contribution in [0.5, 0.6) is 0 Å². The molecule has 0 unspecified atom stereocenters. The van der Waals surface area contributed by atoms with Crippen molar-refractivity contribution < 1.29 is 0 Å². The van der Waals surface area contributed by atoms with E-state index in [0.717, 1.165) is 5.69 Å². The molecule has 0 aliphatic heterocycles. The summed E-state index contributed by atoms with van der Waals surface area (Å²) in [6.45, 7) is 0. The Kier molecular flexibility index (Phi) is 4.31. The number of aromatic nitrogens is 5. The minimum absolute atomic E-state index is 0.307. The molecule has 0 fully saturated rings. The molecule has 9 heteroatoms. The molecule has 2 heterocycles. The van der Waals surface area contributed by atoms with E-state index in [1.165, 1.54) is 17.1 Å². The van der Waals surface area contributed by atoms with Gasteiger partial charge in [0, 0.05) is 22.5 Å². The molecule has 134 valence electrons. The maximum atomic E-state index is 12.7. The van der Waals surface area contributed by atoms with Crippen LogP contribution in [-0.4, -0.2) is 25.0 Å². The van der Waals surface area contributed by atoms with Crippen LogP contribution >= 0.6 is 11.6 Å². The molecule has 0 radical (unpaired) electrons. The van der Waals surface area contributed by atoms with Gasteiger partial charge >= 0.3 is 0 Å². The molecule has 4 N–H and O–H groups in total. The van der Waals surface area contributed by atoms with E-state index < -0.39 is 0 Å². The molecule has 0 saturated heterocycles. The van der Waals surface area contributed by atoms with Crippen LogP contribution in [0.25, 0.3) is 17.2 Å². The average molecular weight is 380 g/mol. The van der Waals surface area contributed by atoms with Crippen LogP contribution in [-0.2, 0) is 0 Å². The third-order valence-electron chi connectivity index (χ3n) is 3.83. The number of H-pyrrole nitrogens is 1. The Morgan fingerprint density at radius 2 is 1.81 bits per heavy atom. The molecular formula is C18H14ClN7O. The zero-order valence-corrected chi connectivity index (χ0v) is 14.7. The van der Waals surface area contributed by atoms with E-state index in [1.807, 2.05) is 12.1 Å². The topological polar surface area (TPSA) is 115 Å². The lowest BCUT2D eigenvalue weighted by atomic mass is 10.2. The van der Waals surface area contributed by atoms with Crippen LogP contribution in [0.2, 0.25) is 5.02 Å². The summed E-state index contributed by atoms with van der Waals surface area (Å²) in [6, 6.07) is 15.4. The Hall–Kier alpha value is -3.65. The monoisotopic (exact) mass is 379 g/mol. The van der Waals surface area contributed by atoms with Crippen LogP contribution in [0.4, 0.5) is 17.1 Å². The number of hydrogen-bond donors (Lipinski definition) is 3. The number of nitrogens with one attached hydrogen (secondary N) is 2. The SMILES string of the molecule is Nc1ccc(Nc2cc(=O)n(-c3ccc(Cl)cc3)nc2-c2ncn[nH]2)cc1. The Morgan fingerprint density at radius 3 is 2.48 bits per heavy atom. The highest BCUT2D eigenvalue weighted by Crippen LogP contribution is 2.25. The largest absolute Gasteiger partial charge is 0.399 e. The average Bonchev–Trinajstić information content (AvgIpc) is 3.19. The first-order valence-electron chi connectivity index (χ1n) is 7.99. The number of nitrogens with zero attached hydrogens (tertiary/aromatic N) is 4. The van der Waals surface area contributed by atoms with Crippen molar-refractivity contribution in [1.29, 1.82) is 0 Å². The molecule has 0 aliphatic rings. The predicted molar refractivity (Wildman–Crippen MR) is 104 cm³/mol. The van der Waals surface area contributed by atoms with Gasteiger partial charge in [-0.05, 0) is 48.5 Å². The number of rotatable bonds is 4. The Morgan fingerprint density at radius 1 is 1.07 bits per heavy atom. The first-order chi connectivity index (χ1) is 13.1. The zero-order valence-electron chi connectivity index (χ0n) is 13.9. The standard InChI is InChI=1S/C18H14ClN7O/c19-11-1-7-14(8-2-11)26-16(27)9-15(17(25-26)18-21-10-22-24-18)23-13-5-3-12(20)4-6-13/h1-10,23H,20H2,(H,21,22,24). The van der Waals surface area contributed by atoms with Gasteiger partial charge in [0.2, 0.25) is 0 Å². The number of anilines is 3. The lowest BCUT2D eigenvalue weighted by Crippen LogP contribution is -2.22. The second kappa shape index (κ2) is 6.93. The van der Waals surface area contributed by atoms with E-state index >= 15 is 0 Å². The van der Waals surface area contributed by atoms with Crippen molar-refractivity contribution in [3.05, 3.63) is 76.3 Å². The summed E-state index contributed by atoms with van der Waals surface area (Å²) in [4.78, 5) is 16.8. The third-order valence-corrected chi connectivity index (χ3v) is 4.08. The molecule has 0 aliphatic carbocycles. The molecule has 27 heavy (non-hydrogen) atoms. The molecule has 4 aromatic rings. The number of halogens is 1. The van der Waals surface area contributed by atoms with Crippen molar-refractivity contribution in [2.24, 2.45) is 0 Å². The summed E-state index contributed by atoms with van der Waals surface area (Å²) in [5, 5.41) is 14.9. The zero-order chi connectivity index (χ0) is 18.8. The van der Waals surface area contributed by atoms with Gasteiger partial charge in [-0.2, -0.15) is 14.9 Å². The number of nitrogen functional groups attached to an aromatic ring is 1. The van der Waals surface area contributed by atoms with E-state index in [0.29, 0.717) is 33.6 Å². The molecule has 8 nitrogen and oxygen atoms in total. The van der Waals surface area contributed by atoms with Crippen molar-refractivity contribution in [2.75, 3.05) is 11.1 Å². The fourth-order valence-corrected chi connectivity index (χ4v) is 2.66. The van der Waals surface area contributed by atoms with E-state index in [-0.39, 0.29) is 5.56 Å². The first-order valence-corrected chi connectivity index (χ1v) is 8.36. The molecule has 0 amide bonds. The van der Waals surface area contributed by atoms with Gasteiger partial charge in [0.05, 0.1) is 11.4 Å². The van der Waals surface area contributed by atoms with Crippen molar-refractivity contribution >= 4 is 28.7 Å². The summed E-state index contributed by atoms with van der Waals surface area (Å²) in [5.74, 6) is 0.427. The fourth-order valence-electron chi connectivity index (χ4n) is 2.54. The maximum absolute atomic E-state index is 12.7. The van der Waals surface area contributed by atoms with Crippen molar-refractivity contribution in [3.63, 3.8) is 0 Å². The molecule has 0 saturated carbocycles. The van der Waals surface area contributed by atoms with E-state index in [4.69, 9.17) is 17.3 Å². The van der Waals surface area contributed by atoms with Crippen LogP contribution in [0.15, 0.2) is 65.7 Å². The van der Waals surface area contributed by atoms with Crippen LogP contribution < -0.4 is 16.6 Å². The summed E-state index contributed by atoms with van der Waals surface area (Å²) < 4.78 is 1.28. The summed E-state index contributed by atoms with van der Waals surface area (Å²) >= 11 is 5.93. The summed E-state index contributed by atoms with van der Waals surface area (Å²) in [6.07, 6.45) is 1.38. The Bertz CT molecular complexity index is 1120. The van der Waals surface area contributed by atoms with E-state index in [9.17, 15) is 4.79 Å². The lowest BCUT2D eigenvalue weighted by molar-refractivity contribution is 0.809.